The maximum atomic E-state index is 11.6. The summed E-state index contributed by atoms with van der Waals surface area (Å²) in [6.45, 7) is 4.08. The third-order valence-electron chi connectivity index (χ3n) is 3.76. The highest BCUT2D eigenvalue weighted by molar-refractivity contribution is 5.90. The molecule has 1 saturated heterocycles. The van der Waals surface area contributed by atoms with Crippen molar-refractivity contribution >= 4 is 11.8 Å². The van der Waals surface area contributed by atoms with Crippen molar-refractivity contribution in [3.63, 3.8) is 0 Å². The van der Waals surface area contributed by atoms with Gasteiger partial charge in [-0.15, -0.1) is 0 Å². The van der Waals surface area contributed by atoms with E-state index < -0.39 is 0 Å². The van der Waals surface area contributed by atoms with Gasteiger partial charge in [-0.1, -0.05) is 0 Å². The van der Waals surface area contributed by atoms with E-state index in [4.69, 9.17) is 9.15 Å². The van der Waals surface area contributed by atoms with Gasteiger partial charge in [-0.05, 0) is 6.07 Å². The van der Waals surface area contributed by atoms with Gasteiger partial charge in [0, 0.05) is 38.6 Å². The monoisotopic (exact) mass is 302 g/mol. The van der Waals surface area contributed by atoms with Crippen molar-refractivity contribution in [2.24, 2.45) is 0 Å². The topological polar surface area (TPSA) is 71.7 Å². The molecule has 116 valence electrons. The highest BCUT2D eigenvalue weighted by atomic mass is 16.5. The van der Waals surface area contributed by atoms with E-state index in [0.717, 1.165) is 32.0 Å². The second-order valence-electron chi connectivity index (χ2n) is 5.08. The Morgan fingerprint density at radius 2 is 2.14 bits per heavy atom. The van der Waals surface area contributed by atoms with Crippen LogP contribution in [0.3, 0.4) is 0 Å². The molecule has 0 aliphatic carbocycles. The number of methoxy groups -OCH3 is 1. The zero-order chi connectivity index (χ0) is 15.4. The summed E-state index contributed by atoms with van der Waals surface area (Å²) in [5.74, 6) is 1.19. The smallest absolute Gasteiger partial charge is 0.341 e. The first kappa shape index (κ1) is 14.5. The van der Waals surface area contributed by atoms with E-state index in [9.17, 15) is 4.79 Å². The lowest BCUT2D eigenvalue weighted by atomic mass is 10.2. The number of ether oxygens (including phenoxy) is 1. The largest absolute Gasteiger partial charge is 0.467 e. The van der Waals surface area contributed by atoms with Crippen LogP contribution in [0.5, 0.6) is 0 Å². The van der Waals surface area contributed by atoms with E-state index in [1.54, 1.807) is 24.7 Å². The maximum absolute atomic E-state index is 11.6. The molecular formula is C15H18N4O3. The number of aromatic nitrogens is 2. The van der Waals surface area contributed by atoms with Crippen LogP contribution in [-0.2, 0) is 11.3 Å². The molecule has 0 unspecified atom stereocenters. The van der Waals surface area contributed by atoms with Gasteiger partial charge in [0.1, 0.15) is 17.1 Å². The van der Waals surface area contributed by atoms with Crippen molar-refractivity contribution in [2.45, 2.75) is 6.54 Å². The molecule has 0 bridgehead atoms. The molecule has 0 saturated carbocycles. The first-order chi connectivity index (χ1) is 10.8. The van der Waals surface area contributed by atoms with Gasteiger partial charge in [0.05, 0.1) is 26.1 Å². The predicted octanol–water partition coefficient (Wildman–Crippen LogP) is 1.18. The van der Waals surface area contributed by atoms with E-state index in [-0.39, 0.29) is 5.97 Å². The Morgan fingerprint density at radius 1 is 1.32 bits per heavy atom. The van der Waals surface area contributed by atoms with Crippen molar-refractivity contribution in [2.75, 3.05) is 38.2 Å². The van der Waals surface area contributed by atoms with E-state index in [1.807, 2.05) is 0 Å². The molecule has 2 aromatic rings. The number of carbonyl (C=O) groups excluding carboxylic acids is 1. The summed E-state index contributed by atoms with van der Waals surface area (Å²) in [5, 5.41) is 0. The molecule has 0 spiro atoms. The molecule has 3 heterocycles. The molecule has 3 rings (SSSR count). The molecule has 0 radical (unpaired) electrons. The SMILES string of the molecule is COC(=O)c1ccoc1CN1CCN(c2cnccn2)CC1. The minimum Gasteiger partial charge on any atom is -0.467 e. The molecule has 0 amide bonds. The normalized spacial score (nSPS) is 15.8. The standard InChI is InChI=1S/C15H18N4O3/c1-21-15(20)12-2-9-22-13(12)11-18-5-7-19(8-6-18)14-10-16-3-4-17-14/h2-4,9-10H,5-8,11H2,1H3. The number of anilines is 1. The van der Waals surface area contributed by atoms with Gasteiger partial charge < -0.3 is 14.1 Å². The predicted molar refractivity (Wildman–Crippen MR) is 79.6 cm³/mol. The van der Waals surface area contributed by atoms with Crippen LogP contribution < -0.4 is 4.90 Å². The lowest BCUT2D eigenvalue weighted by Crippen LogP contribution is -2.46. The number of esters is 1. The first-order valence-corrected chi connectivity index (χ1v) is 7.16. The number of piperazine rings is 1. The van der Waals surface area contributed by atoms with E-state index in [0.29, 0.717) is 17.9 Å². The van der Waals surface area contributed by atoms with Crippen LogP contribution in [0.1, 0.15) is 16.1 Å². The lowest BCUT2D eigenvalue weighted by Gasteiger charge is -2.34. The van der Waals surface area contributed by atoms with Crippen molar-refractivity contribution < 1.29 is 13.9 Å². The lowest BCUT2D eigenvalue weighted by molar-refractivity contribution is 0.0596. The van der Waals surface area contributed by atoms with Gasteiger partial charge in [0.2, 0.25) is 0 Å². The quantitative estimate of drug-likeness (QED) is 0.785. The Hall–Kier alpha value is -2.41. The molecule has 0 N–H and O–H groups in total. The molecule has 7 heteroatoms. The molecule has 1 aliphatic rings. The number of rotatable bonds is 4. The van der Waals surface area contributed by atoms with Crippen molar-refractivity contribution in [3.8, 4) is 0 Å². The van der Waals surface area contributed by atoms with Crippen LogP contribution in [0.2, 0.25) is 0 Å². The Balaban J connectivity index is 1.59. The van der Waals surface area contributed by atoms with Crippen LogP contribution in [0, 0.1) is 0 Å². The molecule has 7 nitrogen and oxygen atoms in total. The van der Waals surface area contributed by atoms with Crippen LogP contribution in [-0.4, -0.2) is 54.1 Å². The van der Waals surface area contributed by atoms with Crippen LogP contribution in [0.15, 0.2) is 35.3 Å². The third-order valence-corrected chi connectivity index (χ3v) is 3.76. The number of hydrogen-bond donors (Lipinski definition) is 0. The number of nitrogens with zero attached hydrogens (tertiary/aromatic N) is 4. The van der Waals surface area contributed by atoms with Crippen LogP contribution >= 0.6 is 0 Å². The summed E-state index contributed by atoms with van der Waals surface area (Å²) < 4.78 is 10.2. The molecule has 2 aromatic heterocycles. The van der Waals surface area contributed by atoms with Crippen molar-refractivity contribution in [1.82, 2.24) is 14.9 Å². The summed E-state index contributed by atoms with van der Waals surface area (Å²) in [5.41, 5.74) is 0.499. The fourth-order valence-electron chi connectivity index (χ4n) is 2.55. The number of hydrogen-bond acceptors (Lipinski definition) is 7. The summed E-state index contributed by atoms with van der Waals surface area (Å²) in [6.07, 6.45) is 6.67. The number of carbonyl (C=O) groups is 1. The van der Waals surface area contributed by atoms with E-state index in [2.05, 4.69) is 19.8 Å². The maximum Gasteiger partial charge on any atom is 0.341 e. The minimum atomic E-state index is -0.359. The minimum absolute atomic E-state index is 0.359. The van der Waals surface area contributed by atoms with Gasteiger partial charge in [-0.25, -0.2) is 9.78 Å². The molecule has 0 atom stereocenters. The fourth-order valence-corrected chi connectivity index (χ4v) is 2.55. The molecule has 1 aliphatic heterocycles. The van der Waals surface area contributed by atoms with Gasteiger partial charge in [-0.2, -0.15) is 0 Å². The Labute approximate surface area is 128 Å². The zero-order valence-electron chi connectivity index (χ0n) is 12.4. The van der Waals surface area contributed by atoms with Crippen LogP contribution in [0.25, 0.3) is 0 Å². The third kappa shape index (κ3) is 3.09. The fraction of sp³-hybridized carbons (Fsp3) is 0.400. The van der Waals surface area contributed by atoms with Gasteiger partial charge in [0.25, 0.3) is 0 Å². The molecule has 0 aromatic carbocycles. The summed E-state index contributed by atoms with van der Waals surface area (Å²) in [4.78, 5) is 24.5. The van der Waals surface area contributed by atoms with Gasteiger partial charge in [-0.3, -0.25) is 9.88 Å². The molecule has 22 heavy (non-hydrogen) atoms. The van der Waals surface area contributed by atoms with Crippen molar-refractivity contribution in [1.29, 1.82) is 0 Å². The van der Waals surface area contributed by atoms with E-state index >= 15 is 0 Å². The zero-order valence-corrected chi connectivity index (χ0v) is 12.4. The second-order valence-corrected chi connectivity index (χ2v) is 5.08. The molecular weight excluding hydrogens is 284 g/mol. The van der Waals surface area contributed by atoms with E-state index in [1.165, 1.54) is 13.4 Å². The number of furan rings is 1. The average molecular weight is 302 g/mol. The second kappa shape index (κ2) is 6.57. The Kier molecular flexibility index (Phi) is 4.34. The highest BCUT2D eigenvalue weighted by Gasteiger charge is 2.22. The Morgan fingerprint density at radius 3 is 2.82 bits per heavy atom. The summed E-state index contributed by atoms with van der Waals surface area (Å²) in [7, 11) is 1.37. The highest BCUT2D eigenvalue weighted by Crippen LogP contribution is 2.17. The van der Waals surface area contributed by atoms with Gasteiger partial charge >= 0.3 is 5.97 Å². The van der Waals surface area contributed by atoms with Crippen molar-refractivity contribution in [3.05, 3.63) is 42.2 Å². The van der Waals surface area contributed by atoms with Crippen LogP contribution in [0.4, 0.5) is 5.82 Å². The first-order valence-electron chi connectivity index (χ1n) is 7.16. The van der Waals surface area contributed by atoms with Gasteiger partial charge in [0.15, 0.2) is 0 Å². The summed E-state index contributed by atoms with van der Waals surface area (Å²) in [6, 6.07) is 1.65. The summed E-state index contributed by atoms with van der Waals surface area (Å²) >= 11 is 0. The average Bonchev–Trinajstić information content (AvgIpc) is 3.04. The molecule has 1 fully saturated rings. The Bertz CT molecular complexity index is 621.